The number of hydrogen-bond acceptors (Lipinski definition) is 13. The molecule has 0 heterocycles. The van der Waals surface area contributed by atoms with Crippen molar-refractivity contribution < 1.29 is 68.1 Å². The van der Waals surface area contributed by atoms with E-state index in [0.717, 1.165) is 0 Å². The Bertz CT molecular complexity index is 1410. The first kappa shape index (κ1) is 47.1. The van der Waals surface area contributed by atoms with E-state index >= 15 is 0 Å². The fraction of sp³-hybridized carbons (Fsp3) is 0.621. The van der Waals surface area contributed by atoms with Crippen molar-refractivity contribution in [2.75, 3.05) is 19.7 Å². The molecule has 16 N–H and O–H groups in total. The predicted molar refractivity (Wildman–Crippen MR) is 178 cm³/mol. The summed E-state index contributed by atoms with van der Waals surface area (Å²) in [7, 11) is 0. The minimum atomic E-state index is -1.91. The maximum Gasteiger partial charge on any atom is 0.322 e. The number of aliphatic carboxylic acids is 2. The van der Waals surface area contributed by atoms with Gasteiger partial charge in [-0.3, -0.25) is 52.7 Å². The number of nitrogens with two attached hydrogens (primary N) is 3. The van der Waals surface area contributed by atoms with E-state index < -0.39 is 152 Å². The van der Waals surface area contributed by atoms with Crippen molar-refractivity contribution >= 4 is 65.1 Å². The summed E-state index contributed by atoms with van der Waals surface area (Å²) in [5.41, 5.74) is 15.7. The Balaban J connectivity index is 5.85. The van der Waals surface area contributed by atoms with E-state index in [-0.39, 0.29) is 0 Å². The van der Waals surface area contributed by atoms with Crippen molar-refractivity contribution in [2.24, 2.45) is 29.0 Å². The minimum absolute atomic E-state index is 0.499. The van der Waals surface area contributed by atoms with Crippen molar-refractivity contribution in [3.8, 4) is 0 Å². The first-order chi connectivity index (χ1) is 24.5. The number of carbonyl (C=O) groups excluding carboxylic acids is 9. The molecule has 9 amide bonds. The van der Waals surface area contributed by atoms with Crippen LogP contribution in [0.4, 0.5) is 0 Å². The van der Waals surface area contributed by atoms with Crippen molar-refractivity contribution in [3.63, 3.8) is 0 Å². The van der Waals surface area contributed by atoms with Gasteiger partial charge in [0.1, 0.15) is 36.8 Å². The van der Waals surface area contributed by atoms with Crippen LogP contribution in [0.25, 0.3) is 0 Å². The van der Waals surface area contributed by atoms with Gasteiger partial charge in [0.15, 0.2) is 0 Å². The van der Waals surface area contributed by atoms with E-state index in [4.69, 9.17) is 22.3 Å². The van der Waals surface area contributed by atoms with Gasteiger partial charge in [0.25, 0.3) is 0 Å². The van der Waals surface area contributed by atoms with E-state index in [1.54, 1.807) is 0 Å². The summed E-state index contributed by atoms with van der Waals surface area (Å²) in [5.74, 6) is -13.7. The normalized spacial score (nSPS) is 14.2. The van der Waals surface area contributed by atoms with Gasteiger partial charge in [0.05, 0.1) is 38.5 Å². The first-order valence-corrected chi connectivity index (χ1v) is 15.9. The number of carbonyl (C=O) groups is 11. The molecule has 0 spiro atoms. The average Bonchev–Trinajstić information content (AvgIpc) is 3.03. The molecule has 24 nitrogen and oxygen atoms in total. The Labute approximate surface area is 302 Å². The highest BCUT2D eigenvalue weighted by Gasteiger charge is 2.35. The summed E-state index contributed by atoms with van der Waals surface area (Å²) in [6.07, 6.45) is -2.40. The number of aliphatic hydroxyl groups is 1. The lowest BCUT2D eigenvalue weighted by Crippen LogP contribution is -2.61. The van der Waals surface area contributed by atoms with Crippen LogP contribution in [-0.4, -0.2) is 136 Å². The second-order valence-electron chi connectivity index (χ2n) is 12.3. The molecule has 0 saturated carbocycles. The van der Waals surface area contributed by atoms with Crippen LogP contribution in [0, 0.1) is 11.8 Å². The molecular formula is C29H48N10O14. The highest BCUT2D eigenvalue weighted by atomic mass is 16.4. The summed E-state index contributed by atoms with van der Waals surface area (Å²) in [6, 6.07) is -9.70. The maximum atomic E-state index is 13.2. The van der Waals surface area contributed by atoms with Gasteiger partial charge in [-0.1, -0.05) is 27.7 Å². The van der Waals surface area contributed by atoms with Gasteiger partial charge in [0, 0.05) is 0 Å². The molecule has 0 aliphatic rings. The summed E-state index contributed by atoms with van der Waals surface area (Å²) >= 11 is 0. The quantitative estimate of drug-likeness (QED) is 0.0435. The Morgan fingerprint density at radius 2 is 0.943 bits per heavy atom. The van der Waals surface area contributed by atoms with Crippen LogP contribution in [0.3, 0.4) is 0 Å². The van der Waals surface area contributed by atoms with Crippen molar-refractivity contribution in [3.05, 3.63) is 0 Å². The molecule has 6 atom stereocenters. The maximum absolute atomic E-state index is 13.2. The number of aliphatic hydroxyl groups excluding tert-OH is 1. The topological polar surface area (TPSA) is 411 Å². The van der Waals surface area contributed by atoms with Gasteiger partial charge < -0.3 is 69.7 Å². The third-order valence-corrected chi connectivity index (χ3v) is 6.97. The van der Waals surface area contributed by atoms with Crippen LogP contribution in [0.15, 0.2) is 0 Å². The lowest BCUT2D eigenvalue weighted by atomic mass is 10.0. The van der Waals surface area contributed by atoms with Gasteiger partial charge in [-0.15, -0.1) is 0 Å². The first-order valence-electron chi connectivity index (χ1n) is 15.9. The van der Waals surface area contributed by atoms with Crippen LogP contribution in [-0.2, 0) is 52.7 Å². The van der Waals surface area contributed by atoms with Crippen LogP contribution in [0.2, 0.25) is 0 Å². The standard InChI is InChI=1S/C29H48N10O14/c1-11(2)22(28(52)34-9-21(46)47)39-26(50)15(7-20(44)45)35-27(51)16(10-40)37-25(49)14(6-18(32)42)36-29(53)23(12(3)4)38-19(43)8-33-24(48)13(30)5-17(31)41/h11-16,22-23,40H,5-10,30H2,1-4H3,(H2,31,41)(H2,32,42)(H,33,48)(H,34,52)(H,35,51)(H,36,53)(H,37,49)(H,38,43)(H,39,50)(H,44,45)(H,46,47)/t13-,14-,15-,16-,22-,23-/m0/s1. The number of carboxylic acid groups (broad SMARTS) is 2. The SMILES string of the molecule is CC(C)[C@H](NC(=O)CNC(=O)[C@@H](N)CC(N)=O)C(=O)N[C@@H](CC(N)=O)C(=O)N[C@@H](CO)C(=O)N[C@@H](CC(=O)O)C(=O)N[C@H](C(=O)NCC(=O)O)C(C)C. The Morgan fingerprint density at radius 3 is 1.42 bits per heavy atom. The number of rotatable bonds is 24. The Kier molecular flexibility index (Phi) is 20.3. The second kappa shape index (κ2) is 22.8. The number of amides is 9. The fourth-order valence-electron chi connectivity index (χ4n) is 4.22. The third-order valence-electron chi connectivity index (χ3n) is 6.97. The number of nitrogens with one attached hydrogen (secondary N) is 7. The number of primary amides is 2. The lowest BCUT2D eigenvalue weighted by Gasteiger charge is -2.27. The van der Waals surface area contributed by atoms with Gasteiger partial charge >= 0.3 is 11.9 Å². The third kappa shape index (κ3) is 18.2. The van der Waals surface area contributed by atoms with Crippen molar-refractivity contribution in [1.29, 1.82) is 0 Å². The molecule has 0 bridgehead atoms. The second-order valence-corrected chi connectivity index (χ2v) is 12.3. The molecular weight excluding hydrogens is 712 g/mol. The van der Waals surface area contributed by atoms with Crippen LogP contribution < -0.4 is 54.4 Å². The van der Waals surface area contributed by atoms with E-state index in [9.17, 15) is 63.0 Å². The van der Waals surface area contributed by atoms with Crippen LogP contribution >= 0.6 is 0 Å². The predicted octanol–water partition coefficient (Wildman–Crippen LogP) is -7.42. The van der Waals surface area contributed by atoms with Crippen molar-refractivity contribution in [2.45, 2.75) is 83.2 Å². The van der Waals surface area contributed by atoms with E-state index in [1.165, 1.54) is 27.7 Å². The molecule has 0 aliphatic carbocycles. The van der Waals surface area contributed by atoms with Gasteiger partial charge in [-0.05, 0) is 11.8 Å². The number of hydrogen-bond donors (Lipinski definition) is 13. The lowest BCUT2D eigenvalue weighted by molar-refractivity contribution is -0.142. The summed E-state index contributed by atoms with van der Waals surface area (Å²) in [6.45, 7) is 3.34. The highest BCUT2D eigenvalue weighted by Crippen LogP contribution is 2.06. The minimum Gasteiger partial charge on any atom is -0.481 e. The van der Waals surface area contributed by atoms with E-state index in [2.05, 4.69) is 26.6 Å². The zero-order valence-electron chi connectivity index (χ0n) is 29.4. The van der Waals surface area contributed by atoms with Gasteiger partial charge in [-0.25, -0.2) is 0 Å². The van der Waals surface area contributed by atoms with Crippen LogP contribution in [0.5, 0.6) is 0 Å². The molecule has 0 unspecified atom stereocenters. The summed E-state index contributed by atoms with van der Waals surface area (Å²) < 4.78 is 0. The molecule has 0 saturated heterocycles. The Morgan fingerprint density at radius 1 is 0.509 bits per heavy atom. The Hall–Kier alpha value is -5.91. The number of carboxylic acids is 2. The highest BCUT2D eigenvalue weighted by molar-refractivity contribution is 5.99. The summed E-state index contributed by atoms with van der Waals surface area (Å²) in [4.78, 5) is 134. The average molecular weight is 761 g/mol. The molecule has 0 fully saturated rings. The molecule has 0 radical (unpaired) electrons. The molecule has 0 aromatic heterocycles. The van der Waals surface area contributed by atoms with Gasteiger partial charge in [0.2, 0.25) is 53.2 Å². The zero-order valence-corrected chi connectivity index (χ0v) is 29.4. The van der Waals surface area contributed by atoms with Crippen LogP contribution in [0.1, 0.15) is 47.0 Å². The summed E-state index contributed by atoms with van der Waals surface area (Å²) in [5, 5.41) is 43.0. The van der Waals surface area contributed by atoms with Gasteiger partial charge in [-0.2, -0.15) is 0 Å². The van der Waals surface area contributed by atoms with E-state index in [1.807, 2.05) is 10.6 Å². The zero-order chi connectivity index (χ0) is 41.2. The monoisotopic (exact) mass is 760 g/mol. The smallest absolute Gasteiger partial charge is 0.322 e. The van der Waals surface area contributed by atoms with E-state index in [0.29, 0.717) is 0 Å². The molecule has 0 aromatic carbocycles. The molecule has 0 aliphatic heterocycles. The fourth-order valence-corrected chi connectivity index (χ4v) is 4.22. The van der Waals surface area contributed by atoms with Crippen molar-refractivity contribution in [1.82, 2.24) is 37.2 Å². The largest absolute Gasteiger partial charge is 0.481 e. The molecule has 0 aromatic rings. The molecule has 298 valence electrons. The molecule has 24 heteroatoms. The molecule has 53 heavy (non-hydrogen) atoms. The molecule has 0 rings (SSSR count).